The average molecular weight is 398 g/mol. The first-order chi connectivity index (χ1) is 11.5. The molecule has 1 fully saturated rings. The number of aromatic nitrogens is 1. The molecule has 3 rings (SSSR count). The lowest BCUT2D eigenvalue weighted by Crippen LogP contribution is -2.23. The number of nitrogens with one attached hydrogen (secondary N) is 1. The largest absolute Gasteiger partial charge is 0.439 e. The lowest BCUT2D eigenvalue weighted by Gasteiger charge is -2.13. The number of nitrogens with two attached hydrogens (primary N) is 1. The van der Waals surface area contributed by atoms with E-state index in [0.29, 0.717) is 11.6 Å². The van der Waals surface area contributed by atoms with Crippen molar-refractivity contribution in [1.82, 2.24) is 4.98 Å². The number of carbonyl (C=O) groups is 1. The molecular weight excluding hydrogens is 373 g/mol. The van der Waals surface area contributed by atoms with Gasteiger partial charge in [0.05, 0.1) is 0 Å². The fourth-order valence-electron chi connectivity index (χ4n) is 2.96. The van der Waals surface area contributed by atoms with Gasteiger partial charge in [0.2, 0.25) is 11.8 Å². The molecule has 0 spiro atoms. The predicted octanol–water partition coefficient (Wildman–Crippen LogP) is 4.40. The van der Waals surface area contributed by atoms with E-state index < -0.39 is 0 Å². The fraction of sp³-hybridized carbons (Fsp3) is 0.368. The number of halogens is 2. The van der Waals surface area contributed by atoms with Crippen molar-refractivity contribution in [3.63, 3.8) is 0 Å². The highest BCUT2D eigenvalue weighted by atomic mass is 35.5. The van der Waals surface area contributed by atoms with Crippen LogP contribution < -0.4 is 15.8 Å². The van der Waals surface area contributed by atoms with Gasteiger partial charge in [0.25, 0.3) is 0 Å². The molecule has 1 aromatic carbocycles. The number of pyridine rings is 1. The maximum Gasteiger partial charge on any atom is 0.227 e. The molecule has 1 heterocycles. The van der Waals surface area contributed by atoms with Crippen LogP contribution in [-0.2, 0) is 4.79 Å². The fourth-order valence-corrected chi connectivity index (χ4v) is 2.96. The third kappa shape index (κ3) is 5.59. The van der Waals surface area contributed by atoms with Crippen LogP contribution in [0.5, 0.6) is 11.6 Å². The Labute approximate surface area is 166 Å². The van der Waals surface area contributed by atoms with E-state index in [1.807, 2.05) is 44.2 Å². The van der Waals surface area contributed by atoms with Crippen LogP contribution in [0, 0.1) is 19.8 Å². The van der Waals surface area contributed by atoms with Crippen molar-refractivity contribution in [3.8, 4) is 11.6 Å². The molecule has 0 bridgehead atoms. The molecule has 2 aromatic rings. The number of aryl methyl sites for hydroxylation is 2. The van der Waals surface area contributed by atoms with E-state index in [1.54, 1.807) is 6.20 Å². The number of hydrogen-bond acceptors (Lipinski definition) is 4. The van der Waals surface area contributed by atoms with E-state index >= 15 is 0 Å². The van der Waals surface area contributed by atoms with Gasteiger partial charge in [-0.3, -0.25) is 4.79 Å². The maximum atomic E-state index is 12.3. The first kappa shape index (κ1) is 22.2. The first-order valence-corrected chi connectivity index (χ1v) is 8.29. The van der Waals surface area contributed by atoms with Crippen LogP contribution in [0.4, 0.5) is 5.69 Å². The number of hydrogen-bond donors (Lipinski definition) is 2. The molecule has 1 aromatic heterocycles. The highest BCUT2D eigenvalue weighted by molar-refractivity contribution is 5.93. The Morgan fingerprint density at radius 3 is 2.62 bits per heavy atom. The molecule has 26 heavy (non-hydrogen) atoms. The number of ether oxygens (including phenoxy) is 1. The van der Waals surface area contributed by atoms with Gasteiger partial charge in [0.1, 0.15) is 5.75 Å². The molecule has 0 radical (unpaired) electrons. The second-order valence-corrected chi connectivity index (χ2v) is 6.51. The molecule has 3 N–H and O–H groups in total. The minimum absolute atomic E-state index is 0. The average Bonchev–Trinajstić information content (AvgIpc) is 2.97. The molecule has 1 saturated carbocycles. The Balaban J connectivity index is 0.00000169. The van der Waals surface area contributed by atoms with E-state index in [2.05, 4.69) is 10.3 Å². The Morgan fingerprint density at radius 2 is 1.96 bits per heavy atom. The molecule has 1 aliphatic carbocycles. The highest BCUT2D eigenvalue weighted by Crippen LogP contribution is 2.29. The summed E-state index contributed by atoms with van der Waals surface area (Å²) in [4.78, 5) is 16.6. The topological polar surface area (TPSA) is 77.2 Å². The summed E-state index contributed by atoms with van der Waals surface area (Å²) in [6.07, 6.45) is 4.25. The van der Waals surface area contributed by atoms with E-state index in [1.165, 1.54) is 0 Å². The van der Waals surface area contributed by atoms with Gasteiger partial charge < -0.3 is 15.8 Å². The SMILES string of the molecule is Cc1ccnc(Oc2cc(NC(=O)C3CCC(N)C3)ccc2C)c1.Cl.Cl. The van der Waals surface area contributed by atoms with Crippen molar-refractivity contribution < 1.29 is 9.53 Å². The summed E-state index contributed by atoms with van der Waals surface area (Å²) in [5.74, 6) is 1.27. The normalized spacial score (nSPS) is 18.4. The zero-order valence-electron chi connectivity index (χ0n) is 14.9. The molecule has 2 unspecified atom stereocenters. The summed E-state index contributed by atoms with van der Waals surface area (Å²) in [6.45, 7) is 3.96. The Bertz CT molecular complexity index is 755. The molecule has 7 heteroatoms. The van der Waals surface area contributed by atoms with Gasteiger partial charge in [-0.05, 0) is 56.4 Å². The Kier molecular flexibility index (Phi) is 8.34. The molecule has 5 nitrogen and oxygen atoms in total. The zero-order valence-corrected chi connectivity index (χ0v) is 16.5. The molecule has 0 saturated heterocycles. The molecule has 1 amide bonds. The summed E-state index contributed by atoms with van der Waals surface area (Å²) in [5, 5.41) is 2.97. The third-order valence-electron chi connectivity index (χ3n) is 4.40. The molecule has 142 valence electrons. The minimum atomic E-state index is 0. The van der Waals surface area contributed by atoms with Crippen LogP contribution in [0.15, 0.2) is 36.5 Å². The van der Waals surface area contributed by atoms with Crippen molar-refractivity contribution in [2.75, 3.05) is 5.32 Å². The van der Waals surface area contributed by atoms with Gasteiger partial charge in [0, 0.05) is 36.0 Å². The van der Waals surface area contributed by atoms with Gasteiger partial charge in [0.15, 0.2) is 0 Å². The smallest absolute Gasteiger partial charge is 0.227 e. The Morgan fingerprint density at radius 1 is 1.19 bits per heavy atom. The predicted molar refractivity (Wildman–Crippen MR) is 109 cm³/mol. The lowest BCUT2D eigenvalue weighted by molar-refractivity contribution is -0.119. The number of benzene rings is 1. The molecule has 1 aliphatic rings. The second kappa shape index (κ2) is 9.76. The van der Waals surface area contributed by atoms with Crippen LogP contribution in [0.3, 0.4) is 0 Å². The van der Waals surface area contributed by atoms with Crippen LogP contribution in [0.1, 0.15) is 30.4 Å². The van der Waals surface area contributed by atoms with Gasteiger partial charge in [-0.2, -0.15) is 0 Å². The van der Waals surface area contributed by atoms with Crippen molar-refractivity contribution in [1.29, 1.82) is 0 Å². The van der Waals surface area contributed by atoms with Crippen LogP contribution in [-0.4, -0.2) is 16.9 Å². The first-order valence-electron chi connectivity index (χ1n) is 8.29. The van der Waals surface area contributed by atoms with Crippen molar-refractivity contribution in [3.05, 3.63) is 47.7 Å². The van der Waals surface area contributed by atoms with E-state index in [-0.39, 0.29) is 42.7 Å². The second-order valence-electron chi connectivity index (χ2n) is 6.51. The monoisotopic (exact) mass is 397 g/mol. The minimum Gasteiger partial charge on any atom is -0.439 e. The number of nitrogens with zero attached hydrogens (tertiary/aromatic N) is 1. The number of carbonyl (C=O) groups excluding carboxylic acids is 1. The highest BCUT2D eigenvalue weighted by Gasteiger charge is 2.27. The number of anilines is 1. The van der Waals surface area contributed by atoms with E-state index in [4.69, 9.17) is 10.5 Å². The van der Waals surface area contributed by atoms with Crippen LogP contribution in [0.2, 0.25) is 0 Å². The van der Waals surface area contributed by atoms with E-state index in [0.717, 1.165) is 36.1 Å². The van der Waals surface area contributed by atoms with Crippen LogP contribution in [0.25, 0.3) is 0 Å². The summed E-state index contributed by atoms with van der Waals surface area (Å²) in [6, 6.07) is 9.60. The quantitative estimate of drug-likeness (QED) is 0.800. The zero-order chi connectivity index (χ0) is 17.1. The van der Waals surface area contributed by atoms with E-state index in [9.17, 15) is 4.79 Å². The van der Waals surface area contributed by atoms with Gasteiger partial charge in [-0.25, -0.2) is 4.98 Å². The number of rotatable bonds is 4. The molecule has 0 aliphatic heterocycles. The maximum absolute atomic E-state index is 12.3. The van der Waals surface area contributed by atoms with Gasteiger partial charge >= 0.3 is 0 Å². The number of amides is 1. The summed E-state index contributed by atoms with van der Waals surface area (Å²) < 4.78 is 5.87. The van der Waals surface area contributed by atoms with Gasteiger partial charge in [-0.15, -0.1) is 24.8 Å². The summed E-state index contributed by atoms with van der Waals surface area (Å²) >= 11 is 0. The van der Waals surface area contributed by atoms with Crippen LogP contribution >= 0.6 is 24.8 Å². The van der Waals surface area contributed by atoms with Crippen molar-refractivity contribution in [2.24, 2.45) is 11.7 Å². The van der Waals surface area contributed by atoms with Crippen molar-refractivity contribution >= 4 is 36.4 Å². The lowest BCUT2D eigenvalue weighted by atomic mass is 10.1. The third-order valence-corrected chi connectivity index (χ3v) is 4.40. The summed E-state index contributed by atoms with van der Waals surface area (Å²) in [5.41, 5.74) is 8.69. The van der Waals surface area contributed by atoms with Crippen molar-refractivity contribution in [2.45, 2.75) is 39.2 Å². The Hall–Kier alpha value is -1.82. The standard InChI is InChI=1S/C19H23N3O2.2ClH/c1-12-7-8-21-18(9-12)24-17-11-16(6-3-13(17)2)22-19(23)14-4-5-15(20)10-14;;/h3,6-9,11,14-15H,4-5,10,20H2,1-2H3,(H,22,23);2*1H. The van der Waals surface area contributed by atoms with Gasteiger partial charge in [-0.1, -0.05) is 6.07 Å². The molecule has 2 atom stereocenters. The molecular formula is C19H25Cl2N3O2. The summed E-state index contributed by atoms with van der Waals surface area (Å²) in [7, 11) is 0.